The minimum atomic E-state index is -5.63. The van der Waals surface area contributed by atoms with Crippen LogP contribution < -0.4 is 0 Å². The molecule has 0 aromatic carbocycles. The first-order chi connectivity index (χ1) is 5.19. The van der Waals surface area contributed by atoms with Gasteiger partial charge in [-0.15, -0.1) is 0 Å². The molecule has 0 aliphatic heterocycles. The first kappa shape index (κ1) is 15.0. The maximum absolute atomic E-state index is 11.4. The van der Waals surface area contributed by atoms with Gasteiger partial charge in [-0.1, -0.05) is 7.43 Å². The van der Waals surface area contributed by atoms with Crippen LogP contribution >= 0.6 is 0 Å². The van der Waals surface area contributed by atoms with Crippen LogP contribution in [-0.2, 0) is 4.74 Å². The molecule has 82 valence electrons. The van der Waals surface area contributed by atoms with Gasteiger partial charge in [-0.05, 0) is 0 Å². The molecule has 0 fully saturated rings. The van der Waals surface area contributed by atoms with Gasteiger partial charge in [0.2, 0.25) is 0 Å². The molecule has 0 aliphatic rings. The van der Waals surface area contributed by atoms with E-state index < -0.39 is 25.3 Å². The molecule has 0 heterocycles. The molecule has 1 nitrogen and oxygen atoms in total. The Balaban J connectivity index is 0. The molecule has 0 aliphatic carbocycles. The summed E-state index contributed by atoms with van der Waals surface area (Å²) in [5.41, 5.74) is 0. The third kappa shape index (κ3) is 4.91. The normalized spacial score (nSPS) is 12.9. The highest BCUT2D eigenvalue weighted by Gasteiger charge is 2.58. The van der Waals surface area contributed by atoms with Crippen molar-refractivity contribution in [2.45, 2.75) is 25.9 Å². The second kappa shape index (κ2) is 4.64. The van der Waals surface area contributed by atoms with Crippen LogP contribution in [0.15, 0.2) is 0 Å². The molecule has 0 saturated heterocycles. The molecule has 0 bridgehead atoms. The molecule has 0 aromatic heterocycles. The van der Waals surface area contributed by atoms with Gasteiger partial charge in [-0.3, -0.25) is 0 Å². The summed E-state index contributed by atoms with van der Waals surface area (Å²) in [7, 11) is 0. The van der Waals surface area contributed by atoms with Crippen LogP contribution in [0.1, 0.15) is 7.43 Å². The van der Waals surface area contributed by atoms with E-state index in [4.69, 9.17) is 0 Å². The first-order valence-corrected chi connectivity index (χ1v) is 2.50. The lowest BCUT2D eigenvalue weighted by Gasteiger charge is -2.21. The Kier molecular flexibility index (Phi) is 5.34. The Hall–Kier alpha value is -0.530. The van der Waals surface area contributed by atoms with Crippen LogP contribution in [-0.4, -0.2) is 25.3 Å². The van der Waals surface area contributed by atoms with E-state index in [1.54, 1.807) is 0 Å². The van der Waals surface area contributed by atoms with Crippen LogP contribution in [0.3, 0.4) is 0 Å². The zero-order chi connectivity index (χ0) is 9.99. The van der Waals surface area contributed by atoms with Crippen molar-refractivity contribution in [3.8, 4) is 0 Å². The molecule has 0 spiro atoms. The standard InChI is InChI=1S/C4H3F7O.CH4/c5-1-12-2(3(6,7)8)4(9,10)11;/h2H,1H2;1H4. The zero-order valence-corrected chi connectivity index (χ0v) is 5.34. The van der Waals surface area contributed by atoms with E-state index in [2.05, 4.69) is 4.74 Å². The Morgan fingerprint density at radius 3 is 1.31 bits per heavy atom. The fourth-order valence-corrected chi connectivity index (χ4v) is 0.438. The predicted molar refractivity (Wildman–Crippen MR) is 29.7 cm³/mol. The van der Waals surface area contributed by atoms with Gasteiger partial charge in [-0.2, -0.15) is 26.3 Å². The Morgan fingerprint density at radius 2 is 1.23 bits per heavy atom. The number of alkyl halides is 7. The second-order valence-electron chi connectivity index (χ2n) is 1.74. The van der Waals surface area contributed by atoms with Gasteiger partial charge in [0.05, 0.1) is 0 Å². The van der Waals surface area contributed by atoms with Gasteiger partial charge in [0.15, 0.2) is 6.86 Å². The van der Waals surface area contributed by atoms with E-state index in [-0.39, 0.29) is 7.43 Å². The monoisotopic (exact) mass is 216 g/mol. The average molecular weight is 216 g/mol. The summed E-state index contributed by atoms with van der Waals surface area (Å²) >= 11 is 0. The molecule has 0 aromatic rings. The summed E-state index contributed by atoms with van der Waals surface area (Å²) in [5.74, 6) is 0. The number of halogens is 7. The third-order valence-corrected chi connectivity index (χ3v) is 0.824. The van der Waals surface area contributed by atoms with Crippen molar-refractivity contribution in [1.29, 1.82) is 0 Å². The average Bonchev–Trinajstić information content (AvgIpc) is 1.77. The molecular formula is C5H7F7O. The molecular weight excluding hydrogens is 209 g/mol. The SMILES string of the molecule is C.FCOC(C(F)(F)F)C(F)(F)F. The van der Waals surface area contributed by atoms with E-state index >= 15 is 0 Å². The fraction of sp³-hybridized carbons (Fsp3) is 1.00. The van der Waals surface area contributed by atoms with E-state index in [9.17, 15) is 30.7 Å². The van der Waals surface area contributed by atoms with Gasteiger partial charge in [-0.25, -0.2) is 4.39 Å². The molecule has 0 atom stereocenters. The lowest BCUT2D eigenvalue weighted by Crippen LogP contribution is -2.44. The van der Waals surface area contributed by atoms with Crippen molar-refractivity contribution in [2.75, 3.05) is 6.86 Å². The summed E-state index contributed by atoms with van der Waals surface area (Å²) in [6, 6.07) is 0. The molecule has 8 heteroatoms. The van der Waals surface area contributed by atoms with Crippen LogP contribution in [0.4, 0.5) is 30.7 Å². The molecule has 0 unspecified atom stereocenters. The smallest absolute Gasteiger partial charge is 0.329 e. The number of ether oxygens (including phenoxy) is 1. The van der Waals surface area contributed by atoms with Gasteiger partial charge >= 0.3 is 12.4 Å². The molecule has 0 rings (SSSR count). The van der Waals surface area contributed by atoms with Crippen LogP contribution in [0.25, 0.3) is 0 Å². The summed E-state index contributed by atoms with van der Waals surface area (Å²) in [6.45, 7) is -2.14. The highest BCUT2D eigenvalue weighted by molar-refractivity contribution is 4.75. The van der Waals surface area contributed by atoms with Gasteiger partial charge < -0.3 is 4.74 Å². The first-order valence-electron chi connectivity index (χ1n) is 2.50. The van der Waals surface area contributed by atoms with E-state index in [1.165, 1.54) is 0 Å². The summed E-state index contributed by atoms with van der Waals surface area (Å²) in [6.07, 6.45) is -15.3. The van der Waals surface area contributed by atoms with Crippen molar-refractivity contribution in [3.63, 3.8) is 0 Å². The third-order valence-electron chi connectivity index (χ3n) is 0.824. The second-order valence-corrected chi connectivity index (χ2v) is 1.74. The maximum atomic E-state index is 11.4. The fourth-order valence-electron chi connectivity index (χ4n) is 0.438. The van der Waals surface area contributed by atoms with Crippen molar-refractivity contribution < 1.29 is 35.5 Å². The molecule has 0 radical (unpaired) electrons. The quantitative estimate of drug-likeness (QED) is 0.644. The summed E-state index contributed by atoms with van der Waals surface area (Å²) in [5, 5.41) is 0. The molecule has 0 saturated carbocycles. The lowest BCUT2D eigenvalue weighted by atomic mass is 10.3. The summed E-state index contributed by atoms with van der Waals surface area (Å²) in [4.78, 5) is 0. The van der Waals surface area contributed by atoms with Crippen LogP contribution in [0.2, 0.25) is 0 Å². The van der Waals surface area contributed by atoms with Crippen molar-refractivity contribution in [1.82, 2.24) is 0 Å². The largest absolute Gasteiger partial charge is 0.423 e. The highest BCUT2D eigenvalue weighted by atomic mass is 19.4. The number of rotatable bonds is 2. The van der Waals surface area contributed by atoms with Crippen LogP contribution in [0, 0.1) is 0 Å². The van der Waals surface area contributed by atoms with Gasteiger partial charge in [0.25, 0.3) is 6.10 Å². The highest BCUT2D eigenvalue weighted by Crippen LogP contribution is 2.35. The zero-order valence-electron chi connectivity index (χ0n) is 5.34. The molecule has 0 N–H and O–H groups in total. The number of hydrogen-bond acceptors (Lipinski definition) is 1. The van der Waals surface area contributed by atoms with E-state index in [0.29, 0.717) is 0 Å². The Labute approximate surface area is 69.5 Å². The maximum Gasteiger partial charge on any atom is 0.423 e. The predicted octanol–water partition coefficient (Wildman–Crippen LogP) is 3.06. The Bertz CT molecular complexity index is 123. The minimum absolute atomic E-state index is 0. The van der Waals surface area contributed by atoms with Gasteiger partial charge in [0.1, 0.15) is 0 Å². The molecule has 0 amide bonds. The van der Waals surface area contributed by atoms with Crippen molar-refractivity contribution in [2.24, 2.45) is 0 Å². The number of hydrogen-bond donors (Lipinski definition) is 0. The van der Waals surface area contributed by atoms with E-state index in [0.717, 1.165) is 0 Å². The minimum Gasteiger partial charge on any atom is -0.329 e. The summed E-state index contributed by atoms with van der Waals surface area (Å²) < 4.78 is 82.3. The van der Waals surface area contributed by atoms with Crippen LogP contribution in [0.5, 0.6) is 0 Å². The van der Waals surface area contributed by atoms with Gasteiger partial charge in [0, 0.05) is 0 Å². The lowest BCUT2D eigenvalue weighted by molar-refractivity contribution is -0.327. The Morgan fingerprint density at radius 1 is 0.923 bits per heavy atom. The van der Waals surface area contributed by atoms with E-state index in [1.807, 2.05) is 0 Å². The topological polar surface area (TPSA) is 9.23 Å². The van der Waals surface area contributed by atoms with Crippen molar-refractivity contribution >= 4 is 0 Å². The van der Waals surface area contributed by atoms with Crippen molar-refractivity contribution in [3.05, 3.63) is 0 Å². The molecule has 13 heavy (non-hydrogen) atoms.